The third-order valence-corrected chi connectivity index (χ3v) is 3.64. The van der Waals surface area contributed by atoms with Gasteiger partial charge in [0.25, 0.3) is 0 Å². The Morgan fingerprint density at radius 2 is 1.95 bits per heavy atom. The quantitative estimate of drug-likeness (QED) is 0.793. The zero-order valence-electron chi connectivity index (χ0n) is 11.5. The number of aromatic nitrogens is 1. The summed E-state index contributed by atoms with van der Waals surface area (Å²) < 4.78 is 15.4. The summed E-state index contributed by atoms with van der Waals surface area (Å²) in [7, 11) is 0. The van der Waals surface area contributed by atoms with Crippen LogP contribution in [0.25, 0.3) is 10.9 Å². The smallest absolute Gasteiger partial charge is 0.336 e. The number of benzene rings is 2. The van der Waals surface area contributed by atoms with Crippen LogP contribution in [0.1, 0.15) is 21.6 Å². The number of aryl methyl sites for hydroxylation is 1. The van der Waals surface area contributed by atoms with Crippen molar-refractivity contribution in [2.45, 2.75) is 13.5 Å². The van der Waals surface area contributed by atoms with Gasteiger partial charge >= 0.3 is 5.97 Å². The van der Waals surface area contributed by atoms with Crippen LogP contribution in [-0.4, -0.2) is 15.6 Å². The van der Waals surface area contributed by atoms with Crippen molar-refractivity contribution in [1.29, 1.82) is 0 Å². The standard InChI is InChI=1S/C17H14FNO2/c1-11-8-12-4-2-3-5-16(12)19(11)10-13-9-14(18)6-7-15(13)17(20)21/h2-9H,10H2,1H3,(H,20,21). The molecule has 0 spiro atoms. The molecule has 1 aromatic heterocycles. The van der Waals surface area contributed by atoms with Crippen LogP contribution in [0.3, 0.4) is 0 Å². The number of nitrogens with zero attached hydrogens (tertiary/aromatic N) is 1. The van der Waals surface area contributed by atoms with Crippen molar-refractivity contribution in [3.8, 4) is 0 Å². The number of aromatic carboxylic acids is 1. The van der Waals surface area contributed by atoms with Gasteiger partial charge in [-0.15, -0.1) is 0 Å². The van der Waals surface area contributed by atoms with Gasteiger partial charge in [-0.2, -0.15) is 0 Å². The second-order valence-electron chi connectivity index (χ2n) is 5.04. The molecule has 0 fully saturated rings. The third-order valence-electron chi connectivity index (χ3n) is 3.64. The number of hydrogen-bond donors (Lipinski definition) is 1. The van der Waals surface area contributed by atoms with Crippen molar-refractivity contribution in [3.05, 3.63) is 71.2 Å². The molecule has 106 valence electrons. The molecule has 3 aromatic rings. The Morgan fingerprint density at radius 3 is 2.71 bits per heavy atom. The average Bonchev–Trinajstić information content (AvgIpc) is 2.75. The summed E-state index contributed by atoms with van der Waals surface area (Å²) in [6, 6.07) is 13.7. The van der Waals surface area contributed by atoms with Crippen LogP contribution in [0.4, 0.5) is 4.39 Å². The van der Waals surface area contributed by atoms with Gasteiger partial charge < -0.3 is 9.67 Å². The molecule has 21 heavy (non-hydrogen) atoms. The van der Waals surface area contributed by atoms with Gasteiger partial charge in [-0.3, -0.25) is 0 Å². The highest BCUT2D eigenvalue weighted by atomic mass is 19.1. The van der Waals surface area contributed by atoms with E-state index in [2.05, 4.69) is 0 Å². The molecule has 0 aliphatic heterocycles. The van der Waals surface area contributed by atoms with Gasteiger partial charge in [0.15, 0.2) is 0 Å². The summed E-state index contributed by atoms with van der Waals surface area (Å²) in [5.41, 5.74) is 2.62. The van der Waals surface area contributed by atoms with Crippen molar-refractivity contribution in [1.82, 2.24) is 4.57 Å². The predicted octanol–water partition coefficient (Wildman–Crippen LogP) is 3.84. The van der Waals surface area contributed by atoms with E-state index in [4.69, 9.17) is 0 Å². The summed E-state index contributed by atoms with van der Waals surface area (Å²) in [5, 5.41) is 10.3. The number of hydrogen-bond acceptors (Lipinski definition) is 1. The highest BCUT2D eigenvalue weighted by molar-refractivity contribution is 5.89. The molecule has 0 saturated carbocycles. The van der Waals surface area contributed by atoms with E-state index in [9.17, 15) is 14.3 Å². The number of rotatable bonds is 3. The van der Waals surface area contributed by atoms with E-state index >= 15 is 0 Å². The fraction of sp³-hybridized carbons (Fsp3) is 0.118. The van der Waals surface area contributed by atoms with Crippen molar-refractivity contribution in [2.24, 2.45) is 0 Å². The van der Waals surface area contributed by atoms with Crippen LogP contribution in [0.5, 0.6) is 0 Å². The number of fused-ring (bicyclic) bond motifs is 1. The Labute approximate surface area is 121 Å². The molecule has 0 amide bonds. The molecule has 0 aliphatic carbocycles. The van der Waals surface area contributed by atoms with Crippen LogP contribution in [0.15, 0.2) is 48.5 Å². The number of halogens is 1. The van der Waals surface area contributed by atoms with Crippen molar-refractivity contribution >= 4 is 16.9 Å². The molecule has 3 rings (SSSR count). The van der Waals surface area contributed by atoms with Crippen LogP contribution in [-0.2, 0) is 6.54 Å². The lowest BCUT2D eigenvalue weighted by atomic mass is 10.1. The van der Waals surface area contributed by atoms with E-state index in [0.717, 1.165) is 16.6 Å². The number of para-hydroxylation sites is 1. The first kappa shape index (κ1) is 13.4. The molecule has 0 saturated heterocycles. The number of carbonyl (C=O) groups is 1. The van der Waals surface area contributed by atoms with Gasteiger partial charge in [0.2, 0.25) is 0 Å². The molecule has 1 heterocycles. The highest BCUT2D eigenvalue weighted by Gasteiger charge is 2.13. The lowest BCUT2D eigenvalue weighted by Gasteiger charge is -2.11. The molecule has 0 radical (unpaired) electrons. The second kappa shape index (κ2) is 5.05. The van der Waals surface area contributed by atoms with E-state index in [1.165, 1.54) is 18.2 Å². The first-order valence-electron chi connectivity index (χ1n) is 6.63. The first-order valence-corrected chi connectivity index (χ1v) is 6.63. The van der Waals surface area contributed by atoms with E-state index in [0.29, 0.717) is 12.1 Å². The molecule has 0 atom stereocenters. The SMILES string of the molecule is Cc1cc2ccccc2n1Cc1cc(F)ccc1C(=O)O. The van der Waals surface area contributed by atoms with Crippen LogP contribution in [0.2, 0.25) is 0 Å². The Morgan fingerprint density at radius 1 is 1.19 bits per heavy atom. The molecular weight excluding hydrogens is 269 g/mol. The summed E-state index contributed by atoms with van der Waals surface area (Å²) in [4.78, 5) is 11.3. The topological polar surface area (TPSA) is 42.2 Å². The molecule has 0 unspecified atom stereocenters. The predicted molar refractivity (Wildman–Crippen MR) is 79.1 cm³/mol. The van der Waals surface area contributed by atoms with Crippen LogP contribution < -0.4 is 0 Å². The van der Waals surface area contributed by atoms with Gasteiger partial charge in [0.05, 0.1) is 5.56 Å². The van der Waals surface area contributed by atoms with E-state index < -0.39 is 11.8 Å². The normalized spacial score (nSPS) is 11.0. The second-order valence-corrected chi connectivity index (χ2v) is 5.04. The zero-order chi connectivity index (χ0) is 15.0. The maximum Gasteiger partial charge on any atom is 0.336 e. The van der Waals surface area contributed by atoms with Crippen LogP contribution >= 0.6 is 0 Å². The maximum absolute atomic E-state index is 13.5. The van der Waals surface area contributed by atoms with Crippen molar-refractivity contribution in [3.63, 3.8) is 0 Å². The maximum atomic E-state index is 13.5. The lowest BCUT2D eigenvalue weighted by molar-refractivity contribution is 0.0695. The summed E-state index contributed by atoms with van der Waals surface area (Å²) in [6.45, 7) is 2.29. The lowest BCUT2D eigenvalue weighted by Crippen LogP contribution is -2.08. The Balaban J connectivity index is 2.13. The van der Waals surface area contributed by atoms with E-state index in [1.807, 2.05) is 41.8 Å². The molecule has 2 aromatic carbocycles. The van der Waals surface area contributed by atoms with E-state index in [1.54, 1.807) is 0 Å². The molecule has 4 heteroatoms. The Kier molecular flexibility index (Phi) is 3.22. The van der Waals surface area contributed by atoms with Gasteiger partial charge in [0, 0.05) is 17.8 Å². The molecule has 0 aliphatic rings. The first-order chi connectivity index (χ1) is 10.1. The molecule has 3 nitrogen and oxygen atoms in total. The summed E-state index contributed by atoms with van der Waals surface area (Å²) in [5.74, 6) is -1.47. The van der Waals surface area contributed by atoms with Crippen molar-refractivity contribution < 1.29 is 14.3 Å². The summed E-state index contributed by atoms with van der Waals surface area (Å²) in [6.07, 6.45) is 0. The molecular formula is C17H14FNO2. The monoisotopic (exact) mass is 283 g/mol. The summed E-state index contributed by atoms with van der Waals surface area (Å²) >= 11 is 0. The largest absolute Gasteiger partial charge is 0.478 e. The third kappa shape index (κ3) is 2.40. The highest BCUT2D eigenvalue weighted by Crippen LogP contribution is 2.22. The number of carboxylic acids is 1. The minimum Gasteiger partial charge on any atom is -0.478 e. The molecule has 1 N–H and O–H groups in total. The Bertz CT molecular complexity index is 836. The fourth-order valence-corrected chi connectivity index (χ4v) is 2.63. The van der Waals surface area contributed by atoms with Crippen molar-refractivity contribution in [2.75, 3.05) is 0 Å². The van der Waals surface area contributed by atoms with Gasteiger partial charge in [-0.25, -0.2) is 9.18 Å². The van der Waals surface area contributed by atoms with Gasteiger partial charge in [0.1, 0.15) is 5.82 Å². The Hall–Kier alpha value is -2.62. The zero-order valence-corrected chi connectivity index (χ0v) is 11.5. The minimum atomic E-state index is -1.04. The fourth-order valence-electron chi connectivity index (χ4n) is 2.63. The minimum absolute atomic E-state index is 0.133. The van der Waals surface area contributed by atoms with Crippen LogP contribution in [0, 0.1) is 12.7 Å². The molecule has 0 bridgehead atoms. The number of carboxylic acid groups (broad SMARTS) is 1. The van der Waals surface area contributed by atoms with E-state index in [-0.39, 0.29) is 5.56 Å². The van der Waals surface area contributed by atoms with Gasteiger partial charge in [-0.05, 0) is 48.2 Å². The van der Waals surface area contributed by atoms with Gasteiger partial charge in [-0.1, -0.05) is 18.2 Å². The average molecular weight is 283 g/mol.